The van der Waals surface area contributed by atoms with Crippen molar-refractivity contribution in [2.24, 2.45) is 0 Å². The summed E-state index contributed by atoms with van der Waals surface area (Å²) in [4.78, 5) is 14.1. The van der Waals surface area contributed by atoms with Gasteiger partial charge in [0.15, 0.2) is 6.19 Å². The topological polar surface area (TPSA) is 56.1 Å². The van der Waals surface area contributed by atoms with Crippen molar-refractivity contribution in [2.45, 2.75) is 19.5 Å². The van der Waals surface area contributed by atoms with Crippen molar-refractivity contribution < 1.29 is 4.79 Å². The van der Waals surface area contributed by atoms with E-state index in [0.29, 0.717) is 19.6 Å². The molecular formula is C18H15N3O. The number of nitrogens with one attached hydrogen (secondary N) is 1. The van der Waals surface area contributed by atoms with E-state index >= 15 is 0 Å². The fourth-order valence-electron chi connectivity index (χ4n) is 3.45. The number of carbonyl (C=O) groups excluding carboxylic acids is 1. The molecule has 0 unspecified atom stereocenters. The average molecular weight is 289 g/mol. The SMILES string of the molecule is N#CN1Cc2cccc(-c3cccc4c3C(=O)NCC4)c2C1. The Labute approximate surface area is 129 Å². The number of nitriles is 1. The molecule has 0 radical (unpaired) electrons. The van der Waals surface area contributed by atoms with Crippen LogP contribution in [0.25, 0.3) is 11.1 Å². The lowest BCUT2D eigenvalue weighted by molar-refractivity contribution is 0.0946. The predicted octanol–water partition coefficient (Wildman–Crippen LogP) is 2.44. The number of hydrogen-bond donors (Lipinski definition) is 1. The largest absolute Gasteiger partial charge is 0.352 e. The summed E-state index contributed by atoms with van der Waals surface area (Å²) in [5, 5.41) is 12.1. The van der Waals surface area contributed by atoms with Crippen molar-refractivity contribution in [1.29, 1.82) is 5.26 Å². The third-order valence-electron chi connectivity index (χ3n) is 4.47. The Morgan fingerprint density at radius 2 is 1.82 bits per heavy atom. The van der Waals surface area contributed by atoms with E-state index in [2.05, 4.69) is 23.6 Å². The maximum Gasteiger partial charge on any atom is 0.252 e. The molecule has 2 aliphatic heterocycles. The van der Waals surface area contributed by atoms with E-state index < -0.39 is 0 Å². The lowest BCUT2D eigenvalue weighted by Crippen LogP contribution is -2.32. The van der Waals surface area contributed by atoms with Crippen LogP contribution >= 0.6 is 0 Å². The van der Waals surface area contributed by atoms with E-state index in [4.69, 9.17) is 5.26 Å². The van der Waals surface area contributed by atoms with Gasteiger partial charge in [-0.05, 0) is 34.2 Å². The summed E-state index contributed by atoms with van der Waals surface area (Å²) < 4.78 is 0. The summed E-state index contributed by atoms with van der Waals surface area (Å²) in [5.41, 5.74) is 6.28. The Morgan fingerprint density at radius 1 is 1.05 bits per heavy atom. The van der Waals surface area contributed by atoms with Crippen LogP contribution in [0.2, 0.25) is 0 Å². The second kappa shape index (κ2) is 4.88. The first kappa shape index (κ1) is 12.9. The molecule has 108 valence electrons. The first-order chi connectivity index (χ1) is 10.8. The monoisotopic (exact) mass is 289 g/mol. The Hall–Kier alpha value is -2.80. The summed E-state index contributed by atoms with van der Waals surface area (Å²) in [6.07, 6.45) is 3.08. The highest BCUT2D eigenvalue weighted by Gasteiger charge is 2.25. The van der Waals surface area contributed by atoms with E-state index in [0.717, 1.165) is 34.2 Å². The Balaban J connectivity index is 1.91. The minimum absolute atomic E-state index is 0.00425. The van der Waals surface area contributed by atoms with Crippen molar-refractivity contribution in [2.75, 3.05) is 6.54 Å². The zero-order chi connectivity index (χ0) is 15.1. The van der Waals surface area contributed by atoms with Gasteiger partial charge in [-0.15, -0.1) is 0 Å². The molecule has 2 aliphatic rings. The molecule has 22 heavy (non-hydrogen) atoms. The smallest absolute Gasteiger partial charge is 0.252 e. The van der Waals surface area contributed by atoms with E-state index in [1.165, 1.54) is 5.56 Å². The van der Waals surface area contributed by atoms with Crippen molar-refractivity contribution in [3.8, 4) is 17.3 Å². The molecule has 1 N–H and O–H groups in total. The molecule has 0 spiro atoms. The molecule has 0 saturated carbocycles. The van der Waals surface area contributed by atoms with E-state index in [9.17, 15) is 4.79 Å². The molecule has 2 aromatic carbocycles. The van der Waals surface area contributed by atoms with Crippen molar-refractivity contribution in [3.63, 3.8) is 0 Å². The zero-order valence-corrected chi connectivity index (χ0v) is 12.1. The standard InChI is InChI=1S/C18H15N3O/c19-11-21-9-13-4-2-5-14(16(13)10-21)15-6-1-3-12-7-8-20-18(22)17(12)15/h1-6H,7-10H2,(H,20,22). The lowest BCUT2D eigenvalue weighted by atomic mass is 9.88. The Bertz CT molecular complexity index is 820. The lowest BCUT2D eigenvalue weighted by Gasteiger charge is -2.20. The van der Waals surface area contributed by atoms with E-state index in [1.54, 1.807) is 4.90 Å². The average Bonchev–Trinajstić information content (AvgIpc) is 2.98. The van der Waals surface area contributed by atoms with Crippen LogP contribution in [0.1, 0.15) is 27.0 Å². The van der Waals surface area contributed by atoms with Gasteiger partial charge in [-0.25, -0.2) is 0 Å². The van der Waals surface area contributed by atoms with Gasteiger partial charge in [0, 0.05) is 6.54 Å². The fraction of sp³-hybridized carbons (Fsp3) is 0.222. The number of hydrogen-bond acceptors (Lipinski definition) is 3. The molecule has 0 fully saturated rings. The van der Waals surface area contributed by atoms with Gasteiger partial charge in [0.25, 0.3) is 5.91 Å². The molecule has 0 aromatic heterocycles. The molecule has 4 rings (SSSR count). The van der Waals surface area contributed by atoms with Crippen LogP contribution in [0.15, 0.2) is 36.4 Å². The number of nitrogens with zero attached hydrogens (tertiary/aromatic N) is 2. The van der Waals surface area contributed by atoms with Gasteiger partial charge in [-0.2, -0.15) is 5.26 Å². The molecule has 4 nitrogen and oxygen atoms in total. The van der Waals surface area contributed by atoms with Gasteiger partial charge in [0.05, 0.1) is 18.7 Å². The highest BCUT2D eigenvalue weighted by molar-refractivity contribution is 6.03. The fourth-order valence-corrected chi connectivity index (χ4v) is 3.45. The minimum atomic E-state index is 0.00425. The number of fused-ring (bicyclic) bond motifs is 2. The summed E-state index contributed by atoms with van der Waals surface area (Å²) in [6, 6.07) is 12.2. The van der Waals surface area contributed by atoms with Crippen molar-refractivity contribution in [1.82, 2.24) is 10.2 Å². The third-order valence-corrected chi connectivity index (χ3v) is 4.47. The number of rotatable bonds is 1. The molecule has 0 atom stereocenters. The maximum absolute atomic E-state index is 12.3. The van der Waals surface area contributed by atoms with Gasteiger partial charge < -0.3 is 10.2 Å². The summed E-state index contributed by atoms with van der Waals surface area (Å²) >= 11 is 0. The number of benzene rings is 2. The van der Waals surface area contributed by atoms with Crippen LogP contribution in [-0.4, -0.2) is 17.4 Å². The summed E-state index contributed by atoms with van der Waals surface area (Å²) in [6.45, 7) is 1.97. The predicted molar refractivity (Wildman–Crippen MR) is 82.8 cm³/mol. The second-order valence-electron chi connectivity index (χ2n) is 5.74. The van der Waals surface area contributed by atoms with E-state index in [-0.39, 0.29) is 5.91 Å². The van der Waals surface area contributed by atoms with E-state index in [1.807, 2.05) is 24.3 Å². The first-order valence-electron chi connectivity index (χ1n) is 7.44. The molecule has 0 saturated heterocycles. The third kappa shape index (κ3) is 1.86. The van der Waals surface area contributed by atoms with Crippen LogP contribution in [0, 0.1) is 11.5 Å². The summed E-state index contributed by atoms with van der Waals surface area (Å²) in [5.74, 6) is 0.00425. The molecule has 1 amide bonds. The molecule has 4 heteroatoms. The van der Waals surface area contributed by atoms with Gasteiger partial charge in [0.1, 0.15) is 0 Å². The molecule has 0 aliphatic carbocycles. The van der Waals surface area contributed by atoms with Crippen molar-refractivity contribution in [3.05, 3.63) is 58.7 Å². The molecule has 2 heterocycles. The molecule has 2 aromatic rings. The van der Waals surface area contributed by atoms with Crippen LogP contribution in [0.4, 0.5) is 0 Å². The Morgan fingerprint density at radius 3 is 2.64 bits per heavy atom. The quantitative estimate of drug-likeness (QED) is 0.820. The second-order valence-corrected chi connectivity index (χ2v) is 5.74. The van der Waals surface area contributed by atoms with Gasteiger partial charge in [-0.3, -0.25) is 4.79 Å². The van der Waals surface area contributed by atoms with Gasteiger partial charge in [-0.1, -0.05) is 36.4 Å². The summed E-state index contributed by atoms with van der Waals surface area (Å²) in [7, 11) is 0. The number of amides is 1. The van der Waals surface area contributed by atoms with Crippen LogP contribution in [0.3, 0.4) is 0 Å². The normalized spacial score (nSPS) is 15.8. The number of carbonyl (C=O) groups is 1. The maximum atomic E-state index is 12.3. The minimum Gasteiger partial charge on any atom is -0.352 e. The highest BCUT2D eigenvalue weighted by Crippen LogP contribution is 2.35. The zero-order valence-electron chi connectivity index (χ0n) is 12.1. The molecular weight excluding hydrogens is 274 g/mol. The van der Waals surface area contributed by atoms with Crippen LogP contribution in [-0.2, 0) is 19.5 Å². The first-order valence-corrected chi connectivity index (χ1v) is 7.44. The van der Waals surface area contributed by atoms with Gasteiger partial charge >= 0.3 is 0 Å². The van der Waals surface area contributed by atoms with Crippen LogP contribution in [0.5, 0.6) is 0 Å². The highest BCUT2D eigenvalue weighted by atomic mass is 16.1. The Kier molecular flexibility index (Phi) is 2.87. The van der Waals surface area contributed by atoms with Crippen molar-refractivity contribution >= 4 is 5.91 Å². The van der Waals surface area contributed by atoms with Gasteiger partial charge in [0.2, 0.25) is 0 Å². The molecule has 0 bridgehead atoms. The van der Waals surface area contributed by atoms with Crippen LogP contribution < -0.4 is 5.32 Å².